The largest absolute Gasteiger partial charge is 0.298 e. The van der Waals surface area contributed by atoms with Gasteiger partial charge in [-0.15, -0.1) is 0 Å². The molecule has 2 rings (SSSR count). The lowest BCUT2D eigenvalue weighted by molar-refractivity contribution is 0.112. The molecule has 0 amide bonds. The fourth-order valence-electron chi connectivity index (χ4n) is 1.78. The Morgan fingerprint density at radius 1 is 1.24 bits per heavy atom. The van der Waals surface area contributed by atoms with Crippen molar-refractivity contribution in [2.24, 2.45) is 0 Å². The van der Waals surface area contributed by atoms with Crippen LogP contribution in [0, 0.1) is 0 Å². The van der Waals surface area contributed by atoms with E-state index in [2.05, 4.69) is 5.10 Å². The Balaban J connectivity index is 2.65. The first-order valence-electron chi connectivity index (χ1n) is 5.50. The first-order valence-corrected chi connectivity index (χ1v) is 5.50. The van der Waals surface area contributed by atoms with Gasteiger partial charge in [0.1, 0.15) is 5.56 Å². The minimum atomic E-state index is -0.296. The zero-order valence-corrected chi connectivity index (χ0v) is 9.81. The predicted molar refractivity (Wildman–Crippen MR) is 65.9 cm³/mol. The number of carbonyl (C=O) groups is 1. The molecule has 4 nitrogen and oxygen atoms in total. The minimum Gasteiger partial charge on any atom is -0.298 e. The van der Waals surface area contributed by atoms with Gasteiger partial charge in [-0.2, -0.15) is 0 Å². The lowest BCUT2D eigenvalue weighted by Gasteiger charge is -2.03. The smallest absolute Gasteiger partial charge is 0.282 e. The first kappa shape index (κ1) is 11.4. The summed E-state index contributed by atoms with van der Waals surface area (Å²) in [6, 6.07) is 9.20. The third-order valence-corrected chi connectivity index (χ3v) is 2.67. The lowest BCUT2D eigenvalue weighted by atomic mass is 10.1. The second-order valence-corrected chi connectivity index (χ2v) is 4.19. The van der Waals surface area contributed by atoms with Gasteiger partial charge in [0, 0.05) is 0 Å². The number of aromatic amines is 1. The van der Waals surface area contributed by atoms with Gasteiger partial charge in [-0.25, -0.2) is 4.68 Å². The summed E-state index contributed by atoms with van der Waals surface area (Å²) in [4.78, 5) is 23.0. The molecule has 0 atom stereocenters. The Kier molecular flexibility index (Phi) is 2.95. The predicted octanol–water partition coefficient (Wildman–Crippen LogP) is 2.10. The van der Waals surface area contributed by atoms with Crippen LogP contribution in [0.5, 0.6) is 0 Å². The van der Waals surface area contributed by atoms with Crippen molar-refractivity contribution in [3.05, 3.63) is 51.9 Å². The molecule has 17 heavy (non-hydrogen) atoms. The molecule has 1 aromatic carbocycles. The summed E-state index contributed by atoms with van der Waals surface area (Å²) in [5, 5.41) is 2.99. The van der Waals surface area contributed by atoms with Gasteiger partial charge >= 0.3 is 0 Å². The van der Waals surface area contributed by atoms with Gasteiger partial charge in [-0.1, -0.05) is 32.0 Å². The van der Waals surface area contributed by atoms with E-state index >= 15 is 0 Å². The summed E-state index contributed by atoms with van der Waals surface area (Å²) in [7, 11) is 0. The number of H-pyrrole nitrogens is 1. The van der Waals surface area contributed by atoms with Crippen molar-refractivity contribution in [2.45, 2.75) is 19.8 Å². The van der Waals surface area contributed by atoms with E-state index in [0.717, 1.165) is 5.69 Å². The fraction of sp³-hybridized carbons (Fsp3) is 0.231. The molecule has 0 unspecified atom stereocenters. The van der Waals surface area contributed by atoms with E-state index in [1.807, 2.05) is 44.2 Å². The Labute approximate surface area is 98.9 Å². The van der Waals surface area contributed by atoms with Crippen LogP contribution >= 0.6 is 0 Å². The number of aromatic nitrogens is 2. The van der Waals surface area contributed by atoms with Crippen LogP contribution in [-0.4, -0.2) is 16.1 Å². The van der Waals surface area contributed by atoms with Crippen LogP contribution in [0.15, 0.2) is 35.1 Å². The highest BCUT2D eigenvalue weighted by Crippen LogP contribution is 2.14. The number of para-hydroxylation sites is 1. The average molecular weight is 230 g/mol. The maximum Gasteiger partial charge on any atom is 0.282 e. The molecule has 0 aliphatic rings. The number of hydrogen-bond donors (Lipinski definition) is 1. The van der Waals surface area contributed by atoms with Crippen molar-refractivity contribution in [3.63, 3.8) is 0 Å². The van der Waals surface area contributed by atoms with E-state index in [1.165, 1.54) is 4.68 Å². The van der Waals surface area contributed by atoms with Crippen LogP contribution < -0.4 is 5.56 Å². The highest BCUT2D eigenvalue weighted by atomic mass is 16.1. The molecule has 0 saturated carbocycles. The molecule has 0 aliphatic heterocycles. The van der Waals surface area contributed by atoms with E-state index in [4.69, 9.17) is 0 Å². The SMILES string of the molecule is CC(C)c1[nH]n(-c2ccccc2)c(=O)c1C=O. The zero-order chi connectivity index (χ0) is 12.4. The van der Waals surface area contributed by atoms with Crippen LogP contribution in [0.3, 0.4) is 0 Å². The number of carbonyl (C=O) groups excluding carboxylic acids is 1. The van der Waals surface area contributed by atoms with Crippen LogP contribution in [0.1, 0.15) is 35.8 Å². The Morgan fingerprint density at radius 3 is 2.35 bits per heavy atom. The molecular weight excluding hydrogens is 216 g/mol. The molecule has 1 heterocycles. The molecule has 88 valence electrons. The Bertz CT molecular complexity index is 579. The molecule has 0 radical (unpaired) electrons. The van der Waals surface area contributed by atoms with Gasteiger partial charge in [0.15, 0.2) is 6.29 Å². The molecule has 0 spiro atoms. The van der Waals surface area contributed by atoms with Gasteiger partial charge in [-0.05, 0) is 18.1 Å². The number of nitrogens with zero attached hydrogens (tertiary/aromatic N) is 1. The van der Waals surface area contributed by atoms with E-state index < -0.39 is 0 Å². The third kappa shape index (κ3) is 1.93. The van der Waals surface area contributed by atoms with E-state index in [1.54, 1.807) is 0 Å². The van der Waals surface area contributed by atoms with Crippen LogP contribution in [0.2, 0.25) is 0 Å². The molecule has 1 N–H and O–H groups in total. The van der Waals surface area contributed by atoms with Crippen molar-refractivity contribution in [1.82, 2.24) is 9.78 Å². The molecule has 0 saturated heterocycles. The highest BCUT2D eigenvalue weighted by Gasteiger charge is 2.16. The van der Waals surface area contributed by atoms with Gasteiger partial charge in [0.2, 0.25) is 0 Å². The van der Waals surface area contributed by atoms with Crippen molar-refractivity contribution in [1.29, 1.82) is 0 Å². The van der Waals surface area contributed by atoms with E-state index in [9.17, 15) is 9.59 Å². The standard InChI is InChI=1S/C13H14N2O2/c1-9(2)12-11(8-16)13(17)15(14-12)10-6-4-3-5-7-10/h3-9,14H,1-2H3. The summed E-state index contributed by atoms with van der Waals surface area (Å²) in [6.45, 7) is 3.88. The Hall–Kier alpha value is -2.10. The summed E-state index contributed by atoms with van der Waals surface area (Å²) >= 11 is 0. The quantitative estimate of drug-likeness (QED) is 0.821. The average Bonchev–Trinajstić information content (AvgIpc) is 2.67. The molecule has 4 heteroatoms. The molecule has 0 bridgehead atoms. The number of rotatable bonds is 3. The molecule has 1 aromatic heterocycles. The topological polar surface area (TPSA) is 54.9 Å². The molecule has 0 aliphatic carbocycles. The fourth-order valence-corrected chi connectivity index (χ4v) is 1.78. The summed E-state index contributed by atoms with van der Waals surface area (Å²) < 4.78 is 1.40. The van der Waals surface area contributed by atoms with E-state index in [0.29, 0.717) is 12.0 Å². The minimum absolute atomic E-state index is 0.105. The lowest BCUT2D eigenvalue weighted by Crippen LogP contribution is -2.16. The second kappa shape index (κ2) is 4.41. The number of hydrogen-bond acceptors (Lipinski definition) is 2. The van der Waals surface area contributed by atoms with Crippen molar-refractivity contribution in [3.8, 4) is 5.69 Å². The maximum absolute atomic E-state index is 12.0. The summed E-state index contributed by atoms with van der Waals surface area (Å²) in [5.41, 5.74) is 1.32. The van der Waals surface area contributed by atoms with Crippen molar-refractivity contribution < 1.29 is 4.79 Å². The first-order chi connectivity index (χ1) is 8.15. The molecular formula is C13H14N2O2. The highest BCUT2D eigenvalue weighted by molar-refractivity contribution is 5.76. The van der Waals surface area contributed by atoms with E-state index in [-0.39, 0.29) is 17.0 Å². The molecule has 2 aromatic rings. The number of aldehydes is 1. The monoisotopic (exact) mass is 230 g/mol. The number of nitrogens with one attached hydrogen (secondary N) is 1. The normalized spacial score (nSPS) is 10.8. The summed E-state index contributed by atoms with van der Waals surface area (Å²) in [5.74, 6) is 0.105. The van der Waals surface area contributed by atoms with Gasteiger partial charge in [-0.3, -0.25) is 14.7 Å². The Morgan fingerprint density at radius 2 is 1.88 bits per heavy atom. The second-order valence-electron chi connectivity index (χ2n) is 4.19. The van der Waals surface area contributed by atoms with Crippen LogP contribution in [0.4, 0.5) is 0 Å². The van der Waals surface area contributed by atoms with Crippen LogP contribution in [-0.2, 0) is 0 Å². The van der Waals surface area contributed by atoms with Crippen molar-refractivity contribution in [2.75, 3.05) is 0 Å². The number of benzene rings is 1. The molecule has 0 fully saturated rings. The van der Waals surface area contributed by atoms with Crippen molar-refractivity contribution >= 4 is 6.29 Å². The maximum atomic E-state index is 12.0. The van der Waals surface area contributed by atoms with Crippen LogP contribution in [0.25, 0.3) is 5.69 Å². The third-order valence-electron chi connectivity index (χ3n) is 2.67. The van der Waals surface area contributed by atoms with Gasteiger partial charge in [0.25, 0.3) is 5.56 Å². The van der Waals surface area contributed by atoms with Gasteiger partial charge < -0.3 is 0 Å². The zero-order valence-electron chi connectivity index (χ0n) is 9.81. The van der Waals surface area contributed by atoms with Gasteiger partial charge in [0.05, 0.1) is 11.4 Å². The summed E-state index contributed by atoms with van der Waals surface area (Å²) in [6.07, 6.45) is 0.619.